The molecule has 0 radical (unpaired) electrons. The van der Waals surface area contributed by atoms with Gasteiger partial charge in [0, 0.05) is 0 Å². The van der Waals surface area contributed by atoms with Crippen LogP contribution in [0.25, 0.3) is 5.57 Å². The number of nitrogens with one attached hydrogen (secondary N) is 1. The van der Waals surface area contributed by atoms with E-state index in [1.165, 1.54) is 0 Å². The van der Waals surface area contributed by atoms with Gasteiger partial charge in [0.05, 0.1) is 0 Å². The molecule has 1 aromatic carbocycles. The number of hydrogen-bond acceptors (Lipinski definition) is 1. The fraction of sp³-hybridized carbons (Fsp3) is 0.182. The molecule has 1 rings (SSSR count). The molecule has 0 aromatic heterocycles. The number of hydrogen-bond donors (Lipinski definition) is 1. The quantitative estimate of drug-likeness (QED) is 0.810. The average molecular weight is 211 g/mol. The topological polar surface area (TPSA) is 12.0 Å². The molecular weight excluding hydrogens is 198 g/mol. The zero-order valence-corrected chi connectivity index (χ0v) is 9.20. The Morgan fingerprint density at radius 1 is 1.31 bits per heavy atom. The molecule has 1 nitrogen and oxygen atoms in total. The summed E-state index contributed by atoms with van der Waals surface area (Å²) in [6, 6.07) is 8.14. The number of para-hydroxylation sites is 1. The Hall–Kier alpha value is -0.838. The van der Waals surface area contributed by atoms with Gasteiger partial charge in [0.15, 0.2) is 0 Å². The third-order valence-corrected chi connectivity index (χ3v) is 1.86. The zero-order valence-electron chi connectivity index (χ0n) is 7.92. The second kappa shape index (κ2) is 4.41. The van der Waals surface area contributed by atoms with Crippen LogP contribution in [0.15, 0.2) is 30.8 Å². The van der Waals surface area contributed by atoms with Gasteiger partial charge in [-0.15, -0.1) is 0 Å². The summed E-state index contributed by atoms with van der Waals surface area (Å²) in [5.74, 6) is 0. The van der Waals surface area contributed by atoms with Gasteiger partial charge in [-0.25, -0.2) is 0 Å². The molecule has 0 bridgehead atoms. The van der Waals surface area contributed by atoms with E-state index < -0.39 is 0 Å². The van der Waals surface area contributed by atoms with Crippen molar-refractivity contribution in [2.24, 2.45) is 0 Å². The number of anilines is 1. The molecule has 0 fully saturated rings. The summed E-state index contributed by atoms with van der Waals surface area (Å²) in [6.07, 6.45) is 0. The van der Waals surface area contributed by atoms with E-state index in [1.54, 1.807) is 0 Å². The van der Waals surface area contributed by atoms with E-state index in [2.05, 4.69) is 33.8 Å². The Kier molecular flexibility index (Phi) is 3.48. The van der Waals surface area contributed by atoms with Crippen LogP contribution in [0.4, 0.5) is 5.69 Å². The van der Waals surface area contributed by atoms with Crippen LogP contribution in [0.5, 0.6) is 0 Å². The van der Waals surface area contributed by atoms with Crippen molar-refractivity contribution in [2.45, 2.75) is 13.8 Å². The number of allylic oxidation sites excluding steroid dienone is 1. The SMILES string of the molecule is C=C(C)c1ccccc1N[C](C)=[Cr]. The Labute approximate surface area is 87.4 Å². The molecule has 0 aliphatic heterocycles. The molecule has 0 spiro atoms. The summed E-state index contributed by atoms with van der Waals surface area (Å²) in [5, 5.41) is 3.25. The van der Waals surface area contributed by atoms with E-state index in [-0.39, 0.29) is 0 Å². The molecule has 1 aromatic rings. The minimum atomic E-state index is 1.06. The van der Waals surface area contributed by atoms with Crippen LogP contribution in [0, 0.1) is 0 Å². The normalized spacial score (nSPS) is 9.38. The molecule has 0 unspecified atom stereocenters. The number of rotatable bonds is 3. The Morgan fingerprint density at radius 2 is 1.92 bits per heavy atom. The van der Waals surface area contributed by atoms with Crippen molar-refractivity contribution in [1.82, 2.24) is 0 Å². The van der Waals surface area contributed by atoms with Gasteiger partial charge >= 0.3 is 87.2 Å². The summed E-state index contributed by atoms with van der Waals surface area (Å²) < 4.78 is 1.06. The van der Waals surface area contributed by atoms with Gasteiger partial charge in [0.25, 0.3) is 0 Å². The number of benzene rings is 1. The van der Waals surface area contributed by atoms with Crippen molar-refractivity contribution in [3.05, 3.63) is 36.4 Å². The van der Waals surface area contributed by atoms with Gasteiger partial charge in [0.2, 0.25) is 0 Å². The summed E-state index contributed by atoms with van der Waals surface area (Å²) in [4.78, 5) is 0. The van der Waals surface area contributed by atoms with E-state index in [4.69, 9.17) is 0 Å². The van der Waals surface area contributed by atoms with E-state index in [0.29, 0.717) is 0 Å². The molecule has 0 atom stereocenters. The fourth-order valence-electron chi connectivity index (χ4n) is 1.15. The summed E-state index contributed by atoms with van der Waals surface area (Å²) >= 11 is 2.93. The van der Waals surface area contributed by atoms with Crippen LogP contribution in [0.2, 0.25) is 0 Å². The first-order valence-corrected chi connectivity index (χ1v) is 4.77. The van der Waals surface area contributed by atoms with Crippen LogP contribution in [0.3, 0.4) is 0 Å². The second-order valence-corrected chi connectivity index (χ2v) is 3.96. The molecule has 0 aliphatic rings. The van der Waals surface area contributed by atoms with Gasteiger partial charge in [-0.05, 0) is 0 Å². The van der Waals surface area contributed by atoms with Gasteiger partial charge in [-0.2, -0.15) is 0 Å². The molecule has 0 amide bonds. The Balaban J connectivity index is 3.04. The maximum absolute atomic E-state index is 3.93. The molecule has 1 N–H and O–H groups in total. The van der Waals surface area contributed by atoms with Gasteiger partial charge in [-0.3, -0.25) is 0 Å². The molecule has 0 heterocycles. The van der Waals surface area contributed by atoms with Gasteiger partial charge < -0.3 is 0 Å². The first kappa shape index (κ1) is 10.2. The Morgan fingerprint density at radius 3 is 2.46 bits per heavy atom. The van der Waals surface area contributed by atoms with Crippen molar-refractivity contribution in [2.75, 3.05) is 5.32 Å². The van der Waals surface area contributed by atoms with E-state index in [1.807, 2.05) is 32.0 Å². The molecule has 0 saturated heterocycles. The van der Waals surface area contributed by atoms with E-state index in [0.717, 1.165) is 21.3 Å². The monoisotopic (exact) mass is 211 g/mol. The minimum absolute atomic E-state index is 1.06. The van der Waals surface area contributed by atoms with E-state index >= 15 is 0 Å². The van der Waals surface area contributed by atoms with Crippen molar-refractivity contribution < 1.29 is 15.9 Å². The van der Waals surface area contributed by atoms with Crippen molar-refractivity contribution in [3.63, 3.8) is 0 Å². The van der Waals surface area contributed by atoms with Crippen LogP contribution in [-0.2, 0) is 15.9 Å². The van der Waals surface area contributed by atoms with Crippen LogP contribution < -0.4 is 5.32 Å². The molecular formula is C11H13CrN. The predicted molar refractivity (Wildman–Crippen MR) is 55.5 cm³/mol. The molecule has 2 heteroatoms. The molecule has 0 saturated carbocycles. The third kappa shape index (κ3) is 2.84. The zero-order chi connectivity index (χ0) is 9.84. The van der Waals surface area contributed by atoms with Crippen LogP contribution >= 0.6 is 0 Å². The third-order valence-electron chi connectivity index (χ3n) is 1.70. The van der Waals surface area contributed by atoms with Crippen LogP contribution in [-0.4, -0.2) is 4.50 Å². The second-order valence-electron chi connectivity index (χ2n) is 3.01. The standard InChI is InChI=1S/C11H13N.Cr/c1-4-12-11-8-6-5-7-10(11)9(2)3;/h5-8,12H,2H2,1,3H3;. The summed E-state index contributed by atoms with van der Waals surface area (Å²) in [6.45, 7) is 7.94. The summed E-state index contributed by atoms with van der Waals surface area (Å²) in [5.41, 5.74) is 3.34. The van der Waals surface area contributed by atoms with Crippen LogP contribution in [0.1, 0.15) is 19.4 Å². The first-order valence-electron chi connectivity index (χ1n) is 4.14. The molecule has 13 heavy (non-hydrogen) atoms. The van der Waals surface area contributed by atoms with Crippen molar-refractivity contribution in [1.29, 1.82) is 0 Å². The van der Waals surface area contributed by atoms with Gasteiger partial charge in [0.1, 0.15) is 0 Å². The maximum atomic E-state index is 3.93. The van der Waals surface area contributed by atoms with Gasteiger partial charge in [-0.1, -0.05) is 0 Å². The predicted octanol–water partition coefficient (Wildman–Crippen LogP) is 2.83. The van der Waals surface area contributed by atoms with E-state index in [9.17, 15) is 0 Å². The summed E-state index contributed by atoms with van der Waals surface area (Å²) in [7, 11) is 0. The average Bonchev–Trinajstić information content (AvgIpc) is 2.03. The molecule has 0 aliphatic carbocycles. The van der Waals surface area contributed by atoms with Crippen molar-refractivity contribution >= 4 is 15.8 Å². The Bertz CT molecular complexity index is 342. The first-order chi connectivity index (χ1) is 6.11. The molecule has 68 valence electrons. The van der Waals surface area contributed by atoms with Crippen molar-refractivity contribution in [3.8, 4) is 0 Å². The fourth-order valence-corrected chi connectivity index (χ4v) is 1.33.